The van der Waals surface area contributed by atoms with E-state index in [0.717, 1.165) is 4.90 Å². The van der Waals surface area contributed by atoms with E-state index in [4.69, 9.17) is 0 Å². The lowest BCUT2D eigenvalue weighted by Crippen LogP contribution is -2.39. The molecular weight excluding hydrogens is 398 g/mol. The third kappa shape index (κ3) is 3.63. The van der Waals surface area contributed by atoms with Crippen molar-refractivity contribution in [3.63, 3.8) is 0 Å². The molecule has 0 saturated carbocycles. The standard InChI is InChI=1S/C23H19N3O5/c1-2-4-20(27)24-19-12-11-18-21-16(19)5-3-6-17(21)22(28)25(23(18)29)13-14-7-9-15(10-8-14)26(30)31/h3,5-12H,2,4,13H2,1H3,(H,24,27). The molecule has 0 saturated heterocycles. The van der Waals surface area contributed by atoms with E-state index in [-0.39, 0.29) is 18.1 Å². The lowest BCUT2D eigenvalue weighted by atomic mass is 9.92. The molecule has 0 spiro atoms. The fourth-order valence-electron chi connectivity index (χ4n) is 3.74. The summed E-state index contributed by atoms with van der Waals surface area (Å²) in [5.74, 6) is -1.02. The predicted octanol–water partition coefficient (Wildman–Crippen LogP) is 4.28. The summed E-state index contributed by atoms with van der Waals surface area (Å²) in [6.07, 6.45) is 1.09. The van der Waals surface area contributed by atoms with Crippen molar-refractivity contribution in [2.45, 2.75) is 26.3 Å². The highest BCUT2D eigenvalue weighted by atomic mass is 16.6. The largest absolute Gasteiger partial charge is 0.326 e. The van der Waals surface area contributed by atoms with Crippen LogP contribution in [0, 0.1) is 10.1 Å². The molecule has 0 bridgehead atoms. The van der Waals surface area contributed by atoms with E-state index in [2.05, 4.69) is 5.32 Å². The predicted molar refractivity (Wildman–Crippen MR) is 115 cm³/mol. The summed E-state index contributed by atoms with van der Waals surface area (Å²) in [5.41, 5.74) is 1.85. The zero-order valence-corrected chi connectivity index (χ0v) is 16.8. The molecule has 1 heterocycles. The Morgan fingerprint density at radius 2 is 1.68 bits per heavy atom. The van der Waals surface area contributed by atoms with Crippen LogP contribution in [0.25, 0.3) is 10.8 Å². The molecule has 3 amide bonds. The van der Waals surface area contributed by atoms with E-state index in [0.29, 0.717) is 46.0 Å². The van der Waals surface area contributed by atoms with E-state index in [1.807, 2.05) is 6.92 Å². The Bertz CT molecular complexity index is 1210. The molecular formula is C23H19N3O5. The number of carbonyl (C=O) groups is 3. The second kappa shape index (κ2) is 7.98. The Labute approximate surface area is 177 Å². The van der Waals surface area contributed by atoms with Crippen molar-refractivity contribution < 1.29 is 19.3 Å². The second-order valence-electron chi connectivity index (χ2n) is 7.31. The van der Waals surface area contributed by atoms with Crippen LogP contribution in [-0.4, -0.2) is 27.5 Å². The summed E-state index contributed by atoms with van der Waals surface area (Å²) in [6, 6.07) is 14.2. The Morgan fingerprint density at radius 1 is 1.00 bits per heavy atom. The Morgan fingerprint density at radius 3 is 2.32 bits per heavy atom. The number of non-ortho nitro benzene ring substituents is 1. The van der Waals surface area contributed by atoms with Crippen molar-refractivity contribution >= 4 is 39.9 Å². The van der Waals surface area contributed by atoms with E-state index in [1.165, 1.54) is 24.3 Å². The average molecular weight is 417 g/mol. The third-order valence-corrected chi connectivity index (χ3v) is 5.23. The van der Waals surface area contributed by atoms with Gasteiger partial charge in [-0.1, -0.05) is 31.2 Å². The van der Waals surface area contributed by atoms with Crippen LogP contribution < -0.4 is 5.32 Å². The molecule has 1 aliphatic rings. The van der Waals surface area contributed by atoms with Crippen molar-refractivity contribution in [2.75, 3.05) is 5.32 Å². The van der Waals surface area contributed by atoms with E-state index in [9.17, 15) is 24.5 Å². The van der Waals surface area contributed by atoms with Gasteiger partial charge in [0.05, 0.1) is 11.5 Å². The highest BCUT2D eigenvalue weighted by Crippen LogP contribution is 2.35. The van der Waals surface area contributed by atoms with Crippen LogP contribution in [-0.2, 0) is 11.3 Å². The monoisotopic (exact) mass is 417 g/mol. The smallest absolute Gasteiger partial charge is 0.269 e. The van der Waals surface area contributed by atoms with E-state index in [1.54, 1.807) is 30.3 Å². The minimum atomic E-state index is -0.505. The number of carbonyl (C=O) groups excluding carboxylic acids is 3. The van der Waals surface area contributed by atoms with Gasteiger partial charge in [0, 0.05) is 46.1 Å². The average Bonchev–Trinajstić information content (AvgIpc) is 2.76. The lowest BCUT2D eigenvalue weighted by molar-refractivity contribution is -0.384. The Hall–Kier alpha value is -4.07. The molecule has 156 valence electrons. The maximum atomic E-state index is 13.1. The van der Waals surface area contributed by atoms with Crippen LogP contribution in [0.5, 0.6) is 0 Å². The van der Waals surface area contributed by atoms with Gasteiger partial charge in [-0.3, -0.25) is 29.4 Å². The quantitative estimate of drug-likeness (QED) is 0.366. The van der Waals surface area contributed by atoms with Gasteiger partial charge in [-0.25, -0.2) is 0 Å². The van der Waals surface area contributed by atoms with Crippen LogP contribution in [0.1, 0.15) is 46.0 Å². The van der Waals surface area contributed by atoms with Crippen LogP contribution in [0.15, 0.2) is 54.6 Å². The fourth-order valence-corrected chi connectivity index (χ4v) is 3.74. The summed E-state index contributed by atoms with van der Waals surface area (Å²) >= 11 is 0. The number of rotatable bonds is 6. The molecule has 8 nitrogen and oxygen atoms in total. The number of benzene rings is 3. The zero-order valence-electron chi connectivity index (χ0n) is 16.8. The molecule has 3 aromatic carbocycles. The van der Waals surface area contributed by atoms with Crippen LogP contribution >= 0.6 is 0 Å². The first-order chi connectivity index (χ1) is 14.9. The number of nitrogens with one attached hydrogen (secondary N) is 1. The normalized spacial score (nSPS) is 12.9. The molecule has 3 aromatic rings. The van der Waals surface area contributed by atoms with Crippen molar-refractivity contribution in [1.29, 1.82) is 0 Å². The Balaban J connectivity index is 1.71. The highest BCUT2D eigenvalue weighted by Gasteiger charge is 2.33. The van der Waals surface area contributed by atoms with E-state index < -0.39 is 16.7 Å². The van der Waals surface area contributed by atoms with Crippen LogP contribution in [0.3, 0.4) is 0 Å². The number of hydrogen-bond donors (Lipinski definition) is 1. The summed E-state index contributed by atoms with van der Waals surface area (Å²) in [5, 5.41) is 14.9. The van der Waals surface area contributed by atoms with Crippen molar-refractivity contribution in [3.05, 3.63) is 81.4 Å². The number of anilines is 1. The lowest BCUT2D eigenvalue weighted by Gasteiger charge is -2.28. The molecule has 8 heteroatoms. The van der Waals surface area contributed by atoms with Crippen molar-refractivity contribution in [2.24, 2.45) is 0 Å². The first kappa shape index (κ1) is 20.2. The van der Waals surface area contributed by atoms with Gasteiger partial charge in [-0.05, 0) is 30.2 Å². The second-order valence-corrected chi connectivity index (χ2v) is 7.31. The van der Waals surface area contributed by atoms with Gasteiger partial charge in [-0.15, -0.1) is 0 Å². The summed E-state index contributed by atoms with van der Waals surface area (Å²) in [6.45, 7) is 1.91. The number of amides is 3. The van der Waals surface area contributed by atoms with Gasteiger partial charge >= 0.3 is 0 Å². The number of imide groups is 1. The molecule has 0 aromatic heterocycles. The number of nitro groups is 1. The maximum Gasteiger partial charge on any atom is 0.269 e. The number of hydrogen-bond acceptors (Lipinski definition) is 5. The van der Waals surface area contributed by atoms with Crippen molar-refractivity contribution in [1.82, 2.24) is 4.90 Å². The molecule has 31 heavy (non-hydrogen) atoms. The Kier molecular flexibility index (Phi) is 5.21. The van der Waals surface area contributed by atoms with Gasteiger partial charge in [0.15, 0.2) is 0 Å². The van der Waals surface area contributed by atoms with Crippen LogP contribution in [0.4, 0.5) is 11.4 Å². The zero-order chi connectivity index (χ0) is 22.1. The third-order valence-electron chi connectivity index (χ3n) is 5.23. The fraction of sp³-hybridized carbons (Fsp3) is 0.174. The summed E-state index contributed by atoms with van der Waals surface area (Å²) in [4.78, 5) is 49.8. The van der Waals surface area contributed by atoms with Gasteiger partial charge in [0.2, 0.25) is 5.91 Å². The summed E-state index contributed by atoms with van der Waals surface area (Å²) < 4.78 is 0. The van der Waals surface area contributed by atoms with Gasteiger partial charge in [0.25, 0.3) is 17.5 Å². The first-order valence-corrected chi connectivity index (χ1v) is 9.85. The topological polar surface area (TPSA) is 110 Å². The number of nitro benzene ring substituents is 1. The molecule has 1 aliphatic heterocycles. The molecule has 0 atom stereocenters. The van der Waals surface area contributed by atoms with Gasteiger partial charge in [0.1, 0.15) is 0 Å². The maximum absolute atomic E-state index is 13.1. The molecule has 0 aliphatic carbocycles. The summed E-state index contributed by atoms with van der Waals surface area (Å²) in [7, 11) is 0. The first-order valence-electron chi connectivity index (χ1n) is 9.85. The van der Waals surface area contributed by atoms with Crippen LogP contribution in [0.2, 0.25) is 0 Å². The van der Waals surface area contributed by atoms with Gasteiger partial charge < -0.3 is 5.32 Å². The van der Waals surface area contributed by atoms with Gasteiger partial charge in [-0.2, -0.15) is 0 Å². The highest BCUT2D eigenvalue weighted by molar-refractivity contribution is 6.27. The van der Waals surface area contributed by atoms with E-state index >= 15 is 0 Å². The molecule has 1 N–H and O–H groups in total. The molecule has 0 radical (unpaired) electrons. The molecule has 0 fully saturated rings. The minimum absolute atomic E-state index is 0.000472. The number of nitrogens with zero attached hydrogens (tertiary/aromatic N) is 2. The minimum Gasteiger partial charge on any atom is -0.326 e. The molecule has 4 rings (SSSR count). The van der Waals surface area contributed by atoms with Crippen molar-refractivity contribution in [3.8, 4) is 0 Å². The SMILES string of the molecule is CCCC(=O)Nc1ccc2c3c(cccc13)C(=O)N(Cc1ccc([N+](=O)[O-])cc1)C2=O. The molecule has 0 unspecified atom stereocenters.